The van der Waals surface area contributed by atoms with E-state index in [4.69, 9.17) is 0 Å². The number of carboxylic acid groups (broad SMARTS) is 1. The van der Waals surface area contributed by atoms with E-state index in [1.807, 2.05) is 0 Å². The van der Waals surface area contributed by atoms with E-state index in [0.29, 0.717) is 29.8 Å². The molecule has 2 fully saturated rings. The smallest absolute Gasteiger partial charge is 0.308 e. The molecule has 108 valence electrons. The van der Waals surface area contributed by atoms with Crippen molar-refractivity contribution in [1.29, 1.82) is 0 Å². The number of hydrogen-bond donors (Lipinski definition) is 2. The molecule has 2 unspecified atom stereocenters. The minimum absolute atomic E-state index is 0.110. The summed E-state index contributed by atoms with van der Waals surface area (Å²) in [5, 5.41) is 14.6. The van der Waals surface area contributed by atoms with E-state index >= 15 is 0 Å². The van der Waals surface area contributed by atoms with Crippen LogP contribution in [0.5, 0.6) is 0 Å². The Morgan fingerprint density at radius 3 is 2.75 bits per heavy atom. The van der Waals surface area contributed by atoms with Crippen LogP contribution in [0.1, 0.15) is 23.3 Å². The van der Waals surface area contributed by atoms with E-state index in [1.165, 1.54) is 11.3 Å². The lowest BCUT2D eigenvalue weighted by Crippen LogP contribution is -2.30. The highest BCUT2D eigenvalue weighted by Gasteiger charge is 2.47. The van der Waals surface area contributed by atoms with Crippen molar-refractivity contribution >= 4 is 28.3 Å². The van der Waals surface area contributed by atoms with Gasteiger partial charge in [-0.05, 0) is 24.7 Å². The Morgan fingerprint density at radius 1 is 1.45 bits per heavy atom. The van der Waals surface area contributed by atoms with Crippen LogP contribution in [0.15, 0.2) is 5.38 Å². The maximum Gasteiger partial charge on any atom is 0.308 e. The molecule has 1 aliphatic heterocycles. The Hall–Kier alpha value is -1.63. The van der Waals surface area contributed by atoms with Crippen molar-refractivity contribution in [2.24, 2.45) is 17.8 Å². The molecule has 1 aromatic rings. The second kappa shape index (κ2) is 5.05. The predicted octanol–water partition coefficient (Wildman–Crippen LogP) is 1.37. The van der Waals surface area contributed by atoms with Gasteiger partial charge in [-0.2, -0.15) is 0 Å². The number of aliphatic carboxylic acids is 1. The van der Waals surface area contributed by atoms with E-state index in [-0.39, 0.29) is 11.8 Å². The van der Waals surface area contributed by atoms with Gasteiger partial charge >= 0.3 is 5.97 Å². The number of nitrogens with zero attached hydrogens (tertiary/aromatic N) is 2. The fraction of sp³-hybridized carbons (Fsp3) is 0.615. The number of anilines is 1. The van der Waals surface area contributed by atoms with Crippen molar-refractivity contribution in [3.05, 3.63) is 11.1 Å². The molecule has 0 aromatic carbocycles. The van der Waals surface area contributed by atoms with E-state index < -0.39 is 11.9 Å². The molecular weight excluding hydrogens is 278 g/mol. The Labute approximate surface area is 120 Å². The first kappa shape index (κ1) is 13.4. The maximum atomic E-state index is 12.4. The summed E-state index contributed by atoms with van der Waals surface area (Å²) in [7, 11) is 1.76. The van der Waals surface area contributed by atoms with E-state index in [1.54, 1.807) is 17.3 Å². The topological polar surface area (TPSA) is 82.5 Å². The molecule has 6 nitrogen and oxygen atoms in total. The van der Waals surface area contributed by atoms with Crippen LogP contribution in [0.3, 0.4) is 0 Å². The minimum Gasteiger partial charge on any atom is -0.481 e. The molecule has 2 heterocycles. The quantitative estimate of drug-likeness (QED) is 0.876. The van der Waals surface area contributed by atoms with Gasteiger partial charge in [0.15, 0.2) is 5.13 Å². The monoisotopic (exact) mass is 295 g/mol. The van der Waals surface area contributed by atoms with Crippen LogP contribution >= 0.6 is 11.3 Å². The van der Waals surface area contributed by atoms with E-state index in [9.17, 15) is 14.7 Å². The Morgan fingerprint density at radius 2 is 2.20 bits per heavy atom. The SMILES string of the molecule is CNc1nc(C(=O)N2CC(C(=O)O)C(C3CC3)C2)cs1. The largest absolute Gasteiger partial charge is 0.481 e. The second-order valence-corrected chi connectivity index (χ2v) is 6.30. The Kier molecular flexibility index (Phi) is 3.37. The van der Waals surface area contributed by atoms with Crippen LogP contribution in [0, 0.1) is 17.8 Å². The first-order valence-corrected chi connectivity index (χ1v) is 7.63. The van der Waals surface area contributed by atoms with Crippen molar-refractivity contribution in [1.82, 2.24) is 9.88 Å². The van der Waals surface area contributed by atoms with Crippen LogP contribution in [0.4, 0.5) is 5.13 Å². The van der Waals surface area contributed by atoms with Gasteiger partial charge in [0.1, 0.15) is 5.69 Å². The zero-order chi connectivity index (χ0) is 14.3. The summed E-state index contributed by atoms with van der Waals surface area (Å²) in [6.07, 6.45) is 2.19. The molecule has 1 amide bonds. The van der Waals surface area contributed by atoms with Gasteiger partial charge in [0, 0.05) is 25.5 Å². The van der Waals surface area contributed by atoms with Gasteiger partial charge < -0.3 is 15.3 Å². The van der Waals surface area contributed by atoms with Gasteiger partial charge in [-0.15, -0.1) is 11.3 Å². The number of rotatable bonds is 4. The lowest BCUT2D eigenvalue weighted by Gasteiger charge is -2.14. The summed E-state index contributed by atoms with van der Waals surface area (Å²) in [4.78, 5) is 29.6. The summed E-state index contributed by atoms with van der Waals surface area (Å²) in [5.41, 5.74) is 0.403. The van der Waals surface area contributed by atoms with Crippen LogP contribution in [0.25, 0.3) is 0 Å². The number of carboxylic acids is 1. The van der Waals surface area contributed by atoms with Crippen molar-refractivity contribution < 1.29 is 14.7 Å². The summed E-state index contributed by atoms with van der Waals surface area (Å²) < 4.78 is 0. The average molecular weight is 295 g/mol. The predicted molar refractivity (Wildman–Crippen MR) is 74.9 cm³/mol. The van der Waals surface area contributed by atoms with E-state index in [0.717, 1.165) is 12.8 Å². The molecule has 1 saturated carbocycles. The van der Waals surface area contributed by atoms with Gasteiger partial charge in [0.25, 0.3) is 5.91 Å². The number of aromatic nitrogens is 1. The number of thiazole rings is 1. The molecule has 1 saturated heterocycles. The number of nitrogens with one attached hydrogen (secondary N) is 1. The third-order valence-corrected chi connectivity index (χ3v) is 4.99. The molecule has 0 spiro atoms. The number of carbonyl (C=O) groups excluding carboxylic acids is 1. The molecule has 2 atom stereocenters. The van der Waals surface area contributed by atoms with Crippen molar-refractivity contribution in [3.63, 3.8) is 0 Å². The normalized spacial score (nSPS) is 25.8. The molecule has 1 aromatic heterocycles. The number of likely N-dealkylation sites (tertiary alicyclic amines) is 1. The fourth-order valence-corrected chi connectivity index (χ4v) is 3.55. The number of carbonyl (C=O) groups is 2. The van der Waals surface area contributed by atoms with Crippen molar-refractivity contribution in [2.45, 2.75) is 12.8 Å². The summed E-state index contributed by atoms with van der Waals surface area (Å²) in [6, 6.07) is 0. The van der Waals surface area contributed by atoms with Gasteiger partial charge in [-0.1, -0.05) is 0 Å². The molecule has 1 aliphatic carbocycles. The maximum absolute atomic E-state index is 12.4. The molecule has 0 radical (unpaired) electrons. The standard InChI is InChI=1S/C13H17N3O3S/c1-14-13-15-10(6-20-13)11(17)16-4-8(7-2-3-7)9(5-16)12(18)19/h6-9H,2-5H2,1H3,(H,14,15)(H,18,19). The van der Waals surface area contributed by atoms with Gasteiger partial charge in [0.05, 0.1) is 5.92 Å². The summed E-state index contributed by atoms with van der Waals surface area (Å²) in [6.45, 7) is 0.856. The average Bonchev–Trinajstić information content (AvgIpc) is 3.02. The number of hydrogen-bond acceptors (Lipinski definition) is 5. The molecule has 20 heavy (non-hydrogen) atoms. The van der Waals surface area contributed by atoms with Crippen molar-refractivity contribution in [2.75, 3.05) is 25.5 Å². The third-order valence-electron chi connectivity index (χ3n) is 4.13. The van der Waals surface area contributed by atoms with Gasteiger partial charge in [-0.25, -0.2) is 4.98 Å². The number of amides is 1. The van der Waals surface area contributed by atoms with E-state index in [2.05, 4.69) is 10.3 Å². The summed E-state index contributed by atoms with van der Waals surface area (Å²) >= 11 is 1.38. The Bertz CT molecular complexity index is 541. The summed E-state index contributed by atoms with van der Waals surface area (Å²) in [5.74, 6) is -0.770. The highest BCUT2D eigenvalue weighted by atomic mass is 32.1. The fourth-order valence-electron chi connectivity index (χ4n) is 2.91. The zero-order valence-corrected chi connectivity index (χ0v) is 12.0. The molecule has 7 heteroatoms. The van der Waals surface area contributed by atoms with Crippen molar-refractivity contribution in [3.8, 4) is 0 Å². The molecule has 0 bridgehead atoms. The lowest BCUT2D eigenvalue weighted by atomic mass is 9.92. The molecule has 2 N–H and O–H groups in total. The van der Waals surface area contributed by atoms with Crippen LogP contribution in [-0.4, -0.2) is 47.0 Å². The second-order valence-electron chi connectivity index (χ2n) is 5.44. The first-order chi connectivity index (χ1) is 9.60. The highest BCUT2D eigenvalue weighted by molar-refractivity contribution is 7.13. The van der Waals surface area contributed by atoms with Crippen LogP contribution in [0.2, 0.25) is 0 Å². The molecule has 3 rings (SSSR count). The zero-order valence-electron chi connectivity index (χ0n) is 11.2. The molecular formula is C13H17N3O3S. The highest BCUT2D eigenvalue weighted by Crippen LogP contribution is 2.44. The molecule has 2 aliphatic rings. The lowest BCUT2D eigenvalue weighted by molar-refractivity contribution is -0.142. The Balaban J connectivity index is 1.74. The first-order valence-electron chi connectivity index (χ1n) is 6.75. The van der Waals surface area contributed by atoms with Crippen LogP contribution in [-0.2, 0) is 4.79 Å². The minimum atomic E-state index is -0.786. The van der Waals surface area contributed by atoms with Gasteiger partial charge in [0.2, 0.25) is 0 Å². The van der Waals surface area contributed by atoms with Crippen LogP contribution < -0.4 is 5.32 Å². The van der Waals surface area contributed by atoms with Gasteiger partial charge in [-0.3, -0.25) is 9.59 Å². The third kappa shape index (κ3) is 2.37.